The van der Waals surface area contributed by atoms with Crippen LogP contribution in [-0.4, -0.2) is 39.6 Å². The standard InChI is InChI=1S/C12H18N2O2/c1-14(2)9-13-8-10-5-6-11(15-3)7-12(10)16-4/h5-7,9H,8H2,1-4H3/b13-9+. The van der Waals surface area contributed by atoms with E-state index in [0.29, 0.717) is 6.54 Å². The lowest BCUT2D eigenvalue weighted by Crippen LogP contribution is -2.07. The predicted octanol–water partition coefficient (Wildman–Crippen LogP) is 1.79. The monoisotopic (exact) mass is 222 g/mol. The Morgan fingerprint density at radius 1 is 1.25 bits per heavy atom. The molecule has 0 saturated heterocycles. The first-order chi connectivity index (χ1) is 7.67. The van der Waals surface area contributed by atoms with Gasteiger partial charge in [0.25, 0.3) is 0 Å². The summed E-state index contributed by atoms with van der Waals surface area (Å²) in [6.07, 6.45) is 1.78. The molecule has 0 aliphatic rings. The van der Waals surface area contributed by atoms with Crippen LogP contribution in [0.15, 0.2) is 23.2 Å². The number of ether oxygens (including phenoxy) is 2. The van der Waals surface area contributed by atoms with Gasteiger partial charge in [0.05, 0.1) is 27.1 Å². The van der Waals surface area contributed by atoms with E-state index in [2.05, 4.69) is 4.99 Å². The van der Waals surface area contributed by atoms with Gasteiger partial charge in [-0.15, -0.1) is 0 Å². The number of methoxy groups -OCH3 is 2. The highest BCUT2D eigenvalue weighted by Gasteiger charge is 2.03. The molecule has 1 aromatic rings. The molecule has 0 saturated carbocycles. The molecule has 1 aromatic carbocycles. The van der Waals surface area contributed by atoms with E-state index in [-0.39, 0.29) is 0 Å². The number of nitrogens with zero attached hydrogens (tertiary/aromatic N) is 2. The molecule has 0 N–H and O–H groups in total. The third kappa shape index (κ3) is 3.46. The van der Waals surface area contributed by atoms with Gasteiger partial charge in [0, 0.05) is 25.7 Å². The van der Waals surface area contributed by atoms with E-state index in [1.54, 1.807) is 20.6 Å². The first kappa shape index (κ1) is 12.4. The van der Waals surface area contributed by atoms with Gasteiger partial charge in [-0.3, -0.25) is 4.99 Å². The molecule has 0 aromatic heterocycles. The van der Waals surface area contributed by atoms with Crippen LogP contribution < -0.4 is 9.47 Å². The topological polar surface area (TPSA) is 34.1 Å². The van der Waals surface area contributed by atoms with Gasteiger partial charge >= 0.3 is 0 Å². The van der Waals surface area contributed by atoms with Crippen LogP contribution in [0.1, 0.15) is 5.56 Å². The van der Waals surface area contributed by atoms with Gasteiger partial charge in [-0.05, 0) is 12.1 Å². The molecule has 16 heavy (non-hydrogen) atoms. The zero-order chi connectivity index (χ0) is 12.0. The third-order valence-electron chi connectivity index (χ3n) is 2.07. The third-order valence-corrected chi connectivity index (χ3v) is 2.07. The Hall–Kier alpha value is -1.71. The van der Waals surface area contributed by atoms with Crippen LogP contribution in [-0.2, 0) is 6.54 Å². The summed E-state index contributed by atoms with van der Waals surface area (Å²) in [4.78, 5) is 6.18. The van der Waals surface area contributed by atoms with Crippen molar-refractivity contribution in [3.8, 4) is 11.5 Å². The summed E-state index contributed by atoms with van der Waals surface area (Å²) in [5, 5.41) is 0. The van der Waals surface area contributed by atoms with E-state index >= 15 is 0 Å². The van der Waals surface area contributed by atoms with Crippen LogP contribution in [0.5, 0.6) is 11.5 Å². The van der Waals surface area contributed by atoms with Gasteiger partial charge < -0.3 is 14.4 Å². The van der Waals surface area contributed by atoms with Crippen molar-refractivity contribution < 1.29 is 9.47 Å². The lowest BCUT2D eigenvalue weighted by Gasteiger charge is -2.09. The second-order valence-electron chi connectivity index (χ2n) is 3.60. The minimum atomic E-state index is 0.603. The van der Waals surface area contributed by atoms with Gasteiger partial charge in [0.1, 0.15) is 11.5 Å². The average Bonchev–Trinajstić information content (AvgIpc) is 2.29. The highest BCUT2D eigenvalue weighted by molar-refractivity contribution is 5.54. The fourth-order valence-electron chi connectivity index (χ4n) is 1.28. The van der Waals surface area contributed by atoms with Crippen molar-refractivity contribution in [1.82, 2.24) is 4.90 Å². The van der Waals surface area contributed by atoms with Crippen molar-refractivity contribution >= 4 is 6.34 Å². The second kappa shape index (κ2) is 6.00. The summed E-state index contributed by atoms with van der Waals surface area (Å²) in [5.41, 5.74) is 1.04. The molecular formula is C12H18N2O2. The van der Waals surface area contributed by atoms with E-state index in [1.807, 2.05) is 37.2 Å². The summed E-state index contributed by atoms with van der Waals surface area (Å²) >= 11 is 0. The van der Waals surface area contributed by atoms with Crippen molar-refractivity contribution in [2.75, 3.05) is 28.3 Å². The summed E-state index contributed by atoms with van der Waals surface area (Å²) in [7, 11) is 7.16. The Morgan fingerprint density at radius 2 is 2.00 bits per heavy atom. The molecule has 0 unspecified atom stereocenters. The quantitative estimate of drug-likeness (QED) is 0.562. The van der Waals surface area contributed by atoms with Crippen LogP contribution >= 0.6 is 0 Å². The van der Waals surface area contributed by atoms with Crippen molar-refractivity contribution in [1.29, 1.82) is 0 Å². The zero-order valence-electron chi connectivity index (χ0n) is 10.2. The first-order valence-electron chi connectivity index (χ1n) is 5.04. The number of hydrogen-bond acceptors (Lipinski definition) is 3. The van der Waals surface area contributed by atoms with Crippen molar-refractivity contribution in [2.45, 2.75) is 6.54 Å². The Balaban J connectivity index is 2.79. The molecule has 0 aliphatic heterocycles. The Bertz CT molecular complexity index is 362. The summed E-state index contributed by atoms with van der Waals surface area (Å²) < 4.78 is 10.4. The van der Waals surface area contributed by atoms with Crippen molar-refractivity contribution in [2.24, 2.45) is 4.99 Å². The zero-order valence-corrected chi connectivity index (χ0v) is 10.2. The van der Waals surface area contributed by atoms with Gasteiger partial charge in [-0.2, -0.15) is 0 Å². The summed E-state index contributed by atoms with van der Waals surface area (Å²) in [5.74, 6) is 1.59. The molecule has 0 amide bonds. The smallest absolute Gasteiger partial charge is 0.127 e. The Kier molecular flexibility index (Phi) is 4.64. The van der Waals surface area contributed by atoms with Gasteiger partial charge in [-0.1, -0.05) is 0 Å². The number of benzene rings is 1. The van der Waals surface area contributed by atoms with Gasteiger partial charge in [0.2, 0.25) is 0 Å². The van der Waals surface area contributed by atoms with E-state index in [1.165, 1.54) is 0 Å². The second-order valence-corrected chi connectivity index (χ2v) is 3.60. The maximum Gasteiger partial charge on any atom is 0.127 e. The lowest BCUT2D eigenvalue weighted by molar-refractivity contribution is 0.391. The Morgan fingerprint density at radius 3 is 2.56 bits per heavy atom. The fourth-order valence-corrected chi connectivity index (χ4v) is 1.28. The highest BCUT2D eigenvalue weighted by atomic mass is 16.5. The van der Waals surface area contributed by atoms with Crippen LogP contribution in [0, 0.1) is 0 Å². The SMILES string of the molecule is COc1ccc(C/N=C/N(C)C)c(OC)c1. The largest absolute Gasteiger partial charge is 0.497 e. The molecule has 0 radical (unpaired) electrons. The van der Waals surface area contributed by atoms with E-state index in [4.69, 9.17) is 9.47 Å². The van der Waals surface area contributed by atoms with Crippen LogP contribution in [0.25, 0.3) is 0 Å². The van der Waals surface area contributed by atoms with E-state index in [9.17, 15) is 0 Å². The average molecular weight is 222 g/mol. The summed E-state index contributed by atoms with van der Waals surface area (Å²) in [6, 6.07) is 5.73. The molecule has 88 valence electrons. The minimum absolute atomic E-state index is 0.603. The van der Waals surface area contributed by atoms with Gasteiger partial charge in [-0.25, -0.2) is 0 Å². The number of hydrogen-bond donors (Lipinski definition) is 0. The molecule has 0 heterocycles. The maximum atomic E-state index is 5.28. The maximum absolute atomic E-state index is 5.28. The molecular weight excluding hydrogens is 204 g/mol. The van der Waals surface area contributed by atoms with Crippen molar-refractivity contribution in [3.05, 3.63) is 23.8 Å². The number of aliphatic imine (C=N–C) groups is 1. The van der Waals surface area contributed by atoms with Crippen LogP contribution in [0.3, 0.4) is 0 Å². The van der Waals surface area contributed by atoms with Crippen LogP contribution in [0.4, 0.5) is 0 Å². The minimum Gasteiger partial charge on any atom is -0.497 e. The van der Waals surface area contributed by atoms with Gasteiger partial charge in [0.15, 0.2) is 0 Å². The first-order valence-corrected chi connectivity index (χ1v) is 5.04. The number of rotatable bonds is 5. The fraction of sp³-hybridized carbons (Fsp3) is 0.417. The molecule has 0 fully saturated rings. The molecule has 0 bridgehead atoms. The molecule has 4 nitrogen and oxygen atoms in total. The Labute approximate surface area is 96.5 Å². The van der Waals surface area contributed by atoms with Crippen LogP contribution in [0.2, 0.25) is 0 Å². The molecule has 0 aliphatic carbocycles. The van der Waals surface area contributed by atoms with E-state index in [0.717, 1.165) is 17.1 Å². The highest BCUT2D eigenvalue weighted by Crippen LogP contribution is 2.24. The molecule has 1 rings (SSSR count). The van der Waals surface area contributed by atoms with E-state index < -0.39 is 0 Å². The summed E-state index contributed by atoms with van der Waals surface area (Å²) in [6.45, 7) is 0.603. The molecule has 0 spiro atoms. The lowest BCUT2D eigenvalue weighted by atomic mass is 10.2. The normalized spacial score (nSPS) is 10.5. The molecule has 0 atom stereocenters. The van der Waals surface area contributed by atoms with Crippen molar-refractivity contribution in [3.63, 3.8) is 0 Å². The molecule has 4 heteroatoms. The predicted molar refractivity (Wildman–Crippen MR) is 65.4 cm³/mol.